The van der Waals surface area contributed by atoms with E-state index in [0.29, 0.717) is 17.7 Å². The van der Waals surface area contributed by atoms with Gasteiger partial charge in [0.1, 0.15) is 35.5 Å². The van der Waals surface area contributed by atoms with Crippen LogP contribution in [0.4, 0.5) is 0 Å². The van der Waals surface area contributed by atoms with Crippen molar-refractivity contribution in [3.05, 3.63) is 66.5 Å². The Morgan fingerprint density at radius 1 is 0.794 bits per heavy atom. The fraction of sp³-hybridized carbons (Fsp3) is 0.0400. The van der Waals surface area contributed by atoms with Gasteiger partial charge in [-0.05, 0) is 34.5 Å². The number of rotatable bonds is 6. The molecule has 0 amide bonds. The minimum absolute atomic E-state index is 0.0186. The molecular formula is C25H18N4O3P2. The molecule has 0 spiro atoms. The van der Waals surface area contributed by atoms with E-state index in [4.69, 9.17) is 4.74 Å². The van der Waals surface area contributed by atoms with Gasteiger partial charge in [-0.2, -0.15) is 0 Å². The summed E-state index contributed by atoms with van der Waals surface area (Å²) in [5.74, 6) is 0.830. The quantitative estimate of drug-likeness (QED) is 0.278. The lowest BCUT2D eigenvalue weighted by Gasteiger charge is -2.23. The first-order chi connectivity index (χ1) is 16.7. The summed E-state index contributed by atoms with van der Waals surface area (Å²) in [6.45, 7) is 0.484. The molecular weight excluding hydrogens is 466 g/mol. The number of hydrogen-bond donors (Lipinski definition) is 2. The molecule has 0 saturated heterocycles. The number of carbonyl (C=O) groups excluding carboxylic acids is 2. The van der Waals surface area contributed by atoms with Crippen LogP contribution >= 0.6 is 17.2 Å². The summed E-state index contributed by atoms with van der Waals surface area (Å²) >= 11 is 0. The van der Waals surface area contributed by atoms with Crippen molar-refractivity contribution in [2.45, 2.75) is 6.61 Å². The first kappa shape index (κ1) is 20.9. The second kappa shape index (κ2) is 8.60. The third-order valence-corrected chi connectivity index (χ3v) is 7.23. The van der Waals surface area contributed by atoms with Crippen LogP contribution in [0.1, 0.15) is 5.56 Å². The Morgan fingerprint density at radius 3 is 2.15 bits per heavy atom. The van der Waals surface area contributed by atoms with Crippen LogP contribution in [0.2, 0.25) is 0 Å². The molecule has 0 radical (unpaired) electrons. The largest absolute Gasteiger partial charge is 0.488 e. The highest BCUT2D eigenvalue weighted by molar-refractivity contribution is 7.62. The zero-order chi connectivity index (χ0) is 23.1. The van der Waals surface area contributed by atoms with Crippen molar-refractivity contribution in [1.29, 1.82) is 0 Å². The summed E-state index contributed by atoms with van der Waals surface area (Å²) in [6, 6.07) is 18.5. The predicted molar refractivity (Wildman–Crippen MR) is 138 cm³/mol. The van der Waals surface area contributed by atoms with Gasteiger partial charge in [-0.1, -0.05) is 30.3 Å². The lowest BCUT2D eigenvalue weighted by molar-refractivity contribution is 0.304. The van der Waals surface area contributed by atoms with Crippen molar-refractivity contribution in [1.82, 2.24) is 19.9 Å². The summed E-state index contributed by atoms with van der Waals surface area (Å²) in [4.78, 5) is 36.5. The van der Waals surface area contributed by atoms with Gasteiger partial charge in [0.2, 0.25) is 0 Å². The average Bonchev–Trinajstić information content (AvgIpc) is 3.53. The van der Waals surface area contributed by atoms with Gasteiger partial charge in [0.25, 0.3) is 0 Å². The van der Waals surface area contributed by atoms with Gasteiger partial charge in [-0.25, -0.2) is 9.97 Å². The maximum Gasteiger partial charge on any atom is 0.146 e. The fourth-order valence-electron chi connectivity index (χ4n) is 4.35. The van der Waals surface area contributed by atoms with E-state index >= 15 is 0 Å². The van der Waals surface area contributed by atoms with Crippen LogP contribution in [0.5, 0.6) is 5.75 Å². The standard InChI is InChI=1S/C25H18N4O3P2/c30-12-33-24-26-9-21(28-24)15-2-4-17-14(7-15)1-5-18-19-6-3-16(8-23(19)32-11-20(17)18)22-10-27-25(29-22)34-13-31/h1-10,12-13,33-34H,11H2,(H,26,28)(H,27,29). The Hall–Kier alpha value is -3.66. The van der Waals surface area contributed by atoms with Crippen molar-refractivity contribution >= 4 is 51.1 Å². The second-order valence-electron chi connectivity index (χ2n) is 7.84. The lowest BCUT2D eigenvalue weighted by Crippen LogP contribution is -2.06. The Morgan fingerprint density at radius 2 is 1.44 bits per heavy atom. The molecule has 166 valence electrons. The molecule has 2 unspecified atom stereocenters. The average molecular weight is 484 g/mol. The number of carbonyl (C=O) groups is 2. The Balaban J connectivity index is 1.36. The van der Waals surface area contributed by atoms with Crippen molar-refractivity contribution in [2.24, 2.45) is 0 Å². The molecule has 2 atom stereocenters. The number of ether oxygens (including phenoxy) is 1. The number of H-pyrrole nitrogens is 2. The van der Waals surface area contributed by atoms with Crippen LogP contribution in [0.25, 0.3) is 44.4 Å². The highest BCUT2D eigenvalue weighted by Gasteiger charge is 2.20. The molecule has 9 heteroatoms. The van der Waals surface area contributed by atoms with Gasteiger partial charge in [-0.3, -0.25) is 9.59 Å². The SMILES string of the molecule is O=CPc1ncc(-c2ccc3c(c2)OCc2c-3ccc3cc(-c4cnc(PC=O)[nH]4)ccc23)[nH]1. The summed E-state index contributed by atoms with van der Waals surface area (Å²) in [7, 11) is 0.0470. The van der Waals surface area contributed by atoms with Gasteiger partial charge in [0.05, 0.1) is 23.8 Å². The molecule has 7 nitrogen and oxygen atoms in total. The first-order valence-electron chi connectivity index (χ1n) is 10.6. The minimum Gasteiger partial charge on any atom is -0.488 e. The van der Waals surface area contributed by atoms with Gasteiger partial charge in [0, 0.05) is 39.4 Å². The molecule has 3 heterocycles. The number of imidazole rings is 2. The van der Waals surface area contributed by atoms with E-state index in [1.807, 2.05) is 12.1 Å². The number of nitrogens with one attached hydrogen (secondary N) is 2. The van der Waals surface area contributed by atoms with Crippen molar-refractivity contribution in [2.75, 3.05) is 0 Å². The molecule has 34 heavy (non-hydrogen) atoms. The van der Waals surface area contributed by atoms with Crippen molar-refractivity contribution < 1.29 is 14.3 Å². The van der Waals surface area contributed by atoms with E-state index in [1.165, 1.54) is 0 Å². The predicted octanol–water partition coefficient (Wildman–Crippen LogP) is 4.17. The summed E-state index contributed by atoms with van der Waals surface area (Å²) in [5.41, 5.74) is 8.50. The number of nitrogens with zero attached hydrogens (tertiary/aromatic N) is 2. The van der Waals surface area contributed by atoms with E-state index in [9.17, 15) is 9.59 Å². The number of benzene rings is 3. The zero-order valence-corrected chi connectivity index (χ0v) is 19.8. The summed E-state index contributed by atoms with van der Waals surface area (Å²) in [5, 5.41) is 2.27. The molecule has 0 saturated carbocycles. The Labute approximate surface area is 197 Å². The molecule has 6 rings (SSSR count). The first-order valence-corrected chi connectivity index (χ1v) is 12.7. The zero-order valence-electron chi connectivity index (χ0n) is 17.8. The number of fused-ring (bicyclic) bond motifs is 5. The molecule has 1 aliphatic rings. The number of aromatic amines is 2. The second-order valence-corrected chi connectivity index (χ2v) is 9.84. The van der Waals surface area contributed by atoms with E-state index in [0.717, 1.165) is 67.8 Å². The van der Waals surface area contributed by atoms with Crippen LogP contribution in [0.15, 0.2) is 60.9 Å². The molecule has 0 fully saturated rings. The van der Waals surface area contributed by atoms with Gasteiger partial charge < -0.3 is 14.7 Å². The van der Waals surface area contributed by atoms with Crippen molar-refractivity contribution in [3.8, 4) is 39.4 Å². The monoisotopic (exact) mass is 484 g/mol. The molecule has 0 bridgehead atoms. The molecule has 1 aliphatic heterocycles. The van der Waals surface area contributed by atoms with Gasteiger partial charge in [-0.15, -0.1) is 0 Å². The summed E-state index contributed by atoms with van der Waals surface area (Å²) in [6.07, 6.45) is 3.52. The smallest absolute Gasteiger partial charge is 0.146 e. The van der Waals surface area contributed by atoms with Gasteiger partial charge in [0.15, 0.2) is 0 Å². The lowest BCUT2D eigenvalue weighted by atomic mass is 9.91. The van der Waals surface area contributed by atoms with Crippen LogP contribution in [-0.4, -0.2) is 32.0 Å². The van der Waals surface area contributed by atoms with Crippen molar-refractivity contribution in [3.63, 3.8) is 0 Å². The van der Waals surface area contributed by atoms with Crippen LogP contribution < -0.4 is 15.9 Å². The van der Waals surface area contributed by atoms with E-state index < -0.39 is 0 Å². The maximum atomic E-state index is 10.8. The maximum absolute atomic E-state index is 10.8. The van der Waals surface area contributed by atoms with Gasteiger partial charge >= 0.3 is 0 Å². The molecule has 5 aromatic rings. The number of hydrogen-bond acceptors (Lipinski definition) is 5. The molecule has 2 aromatic heterocycles. The van der Waals surface area contributed by atoms with Crippen LogP contribution in [0.3, 0.4) is 0 Å². The Bertz CT molecular complexity index is 1570. The van der Waals surface area contributed by atoms with E-state index in [1.54, 1.807) is 12.4 Å². The highest BCUT2D eigenvalue weighted by atomic mass is 31.1. The molecule has 0 aliphatic carbocycles. The highest BCUT2D eigenvalue weighted by Crippen LogP contribution is 2.42. The summed E-state index contributed by atoms with van der Waals surface area (Å²) < 4.78 is 6.18. The normalized spacial score (nSPS) is 12.8. The fourth-order valence-corrected chi connectivity index (χ4v) is 5.26. The topological polar surface area (TPSA) is 101 Å². The third-order valence-electron chi connectivity index (χ3n) is 5.94. The third kappa shape index (κ3) is 3.63. The van der Waals surface area contributed by atoms with E-state index in [-0.39, 0.29) is 17.2 Å². The molecule has 3 aromatic carbocycles. The van der Waals surface area contributed by atoms with Crippen LogP contribution in [0, 0.1) is 0 Å². The minimum atomic E-state index is 0.0186. The van der Waals surface area contributed by atoms with E-state index in [2.05, 4.69) is 56.3 Å². The molecule has 2 N–H and O–H groups in total. The van der Waals surface area contributed by atoms with Crippen LogP contribution in [-0.2, 0) is 16.2 Å². The Kier molecular flexibility index (Phi) is 5.29. The number of aromatic nitrogens is 4.